The minimum absolute atomic E-state index is 0.0765. The van der Waals surface area contributed by atoms with E-state index in [-0.39, 0.29) is 18.5 Å². The Morgan fingerprint density at radius 1 is 1.18 bits per heavy atom. The fraction of sp³-hybridized carbons (Fsp3) is 0.360. The highest BCUT2D eigenvalue weighted by atomic mass is 35.5. The van der Waals surface area contributed by atoms with E-state index in [1.807, 2.05) is 13.8 Å². The molecule has 0 bridgehead atoms. The third-order valence-electron chi connectivity index (χ3n) is 5.66. The van der Waals surface area contributed by atoms with E-state index in [2.05, 4.69) is 5.32 Å². The van der Waals surface area contributed by atoms with Crippen molar-refractivity contribution in [3.8, 4) is 5.75 Å². The van der Waals surface area contributed by atoms with Gasteiger partial charge in [0.05, 0.1) is 16.7 Å². The first-order chi connectivity index (χ1) is 16.4. The van der Waals surface area contributed by atoms with Gasteiger partial charge in [-0.25, -0.2) is 4.79 Å². The van der Waals surface area contributed by atoms with E-state index in [1.54, 1.807) is 30.3 Å². The topological polar surface area (TPSA) is 77.8 Å². The molecule has 0 fully saturated rings. The SMILES string of the molecule is CCC(C)OC(=O)c1c(NC(=O)c2ccc(COc3cccc(Cl)c3Cl)o2)sc2c1CCCC2. The van der Waals surface area contributed by atoms with Gasteiger partial charge in [0.15, 0.2) is 5.76 Å². The Kier molecular flexibility index (Phi) is 7.86. The molecule has 6 nitrogen and oxygen atoms in total. The molecule has 180 valence electrons. The molecule has 0 saturated carbocycles. The number of halogens is 2. The maximum Gasteiger partial charge on any atom is 0.341 e. The van der Waals surface area contributed by atoms with Crippen molar-refractivity contribution in [3.05, 3.63) is 67.9 Å². The number of anilines is 1. The zero-order valence-electron chi connectivity index (χ0n) is 18.9. The summed E-state index contributed by atoms with van der Waals surface area (Å²) in [6.45, 7) is 3.90. The van der Waals surface area contributed by atoms with Crippen molar-refractivity contribution in [2.45, 2.75) is 58.7 Å². The van der Waals surface area contributed by atoms with Gasteiger partial charge in [0.25, 0.3) is 5.91 Å². The number of rotatable bonds is 8. The molecule has 1 atom stereocenters. The predicted molar refractivity (Wildman–Crippen MR) is 134 cm³/mol. The lowest BCUT2D eigenvalue weighted by Gasteiger charge is -2.15. The zero-order valence-corrected chi connectivity index (χ0v) is 21.2. The van der Waals surface area contributed by atoms with E-state index in [9.17, 15) is 9.59 Å². The largest absolute Gasteiger partial charge is 0.484 e. The Bertz CT molecular complexity index is 1200. The summed E-state index contributed by atoms with van der Waals surface area (Å²) in [4.78, 5) is 27.0. The second-order valence-corrected chi connectivity index (χ2v) is 9.99. The van der Waals surface area contributed by atoms with Gasteiger partial charge >= 0.3 is 5.97 Å². The summed E-state index contributed by atoms with van der Waals surface area (Å²) in [5, 5.41) is 4.07. The highest BCUT2D eigenvalue weighted by Crippen LogP contribution is 2.39. The third-order valence-corrected chi connectivity index (χ3v) is 7.67. The molecule has 0 radical (unpaired) electrons. The Labute approximate surface area is 212 Å². The Hall–Kier alpha value is -2.48. The number of ether oxygens (including phenoxy) is 2. The first-order valence-electron chi connectivity index (χ1n) is 11.2. The normalized spacial score (nSPS) is 13.8. The van der Waals surface area contributed by atoms with Crippen LogP contribution in [0.25, 0.3) is 0 Å². The monoisotopic (exact) mass is 521 g/mol. The molecule has 4 rings (SSSR count). The average molecular weight is 522 g/mol. The maximum atomic E-state index is 12.9. The summed E-state index contributed by atoms with van der Waals surface area (Å²) < 4.78 is 16.9. The van der Waals surface area contributed by atoms with Crippen molar-refractivity contribution in [1.82, 2.24) is 0 Å². The molecule has 1 aliphatic rings. The van der Waals surface area contributed by atoms with Gasteiger partial charge in [0, 0.05) is 4.88 Å². The van der Waals surface area contributed by atoms with Crippen molar-refractivity contribution in [2.24, 2.45) is 0 Å². The van der Waals surface area contributed by atoms with Crippen LogP contribution in [0.15, 0.2) is 34.7 Å². The molecule has 1 unspecified atom stereocenters. The minimum atomic E-state index is -0.441. The van der Waals surface area contributed by atoms with Gasteiger partial charge in [-0.15, -0.1) is 11.3 Å². The fourth-order valence-corrected chi connectivity index (χ4v) is 5.30. The first-order valence-corrected chi connectivity index (χ1v) is 12.8. The van der Waals surface area contributed by atoms with E-state index in [1.165, 1.54) is 11.3 Å². The van der Waals surface area contributed by atoms with E-state index < -0.39 is 11.9 Å². The molecule has 9 heteroatoms. The van der Waals surface area contributed by atoms with Crippen molar-refractivity contribution in [1.29, 1.82) is 0 Å². The fourth-order valence-electron chi connectivity index (χ4n) is 3.68. The van der Waals surface area contributed by atoms with Crippen LogP contribution in [0.3, 0.4) is 0 Å². The lowest BCUT2D eigenvalue weighted by molar-refractivity contribution is 0.0335. The van der Waals surface area contributed by atoms with Crippen LogP contribution in [0.4, 0.5) is 5.00 Å². The molecule has 34 heavy (non-hydrogen) atoms. The number of furan rings is 1. The smallest absolute Gasteiger partial charge is 0.341 e. The van der Waals surface area contributed by atoms with Crippen LogP contribution in [0.5, 0.6) is 5.75 Å². The number of thiophene rings is 1. The van der Waals surface area contributed by atoms with E-state index in [4.69, 9.17) is 37.1 Å². The minimum Gasteiger partial charge on any atom is -0.484 e. The second-order valence-electron chi connectivity index (χ2n) is 8.10. The molecule has 1 N–H and O–H groups in total. The molecular formula is C25H25Cl2NO5S. The van der Waals surface area contributed by atoms with Crippen LogP contribution >= 0.6 is 34.5 Å². The van der Waals surface area contributed by atoms with Gasteiger partial charge < -0.3 is 19.2 Å². The molecule has 1 amide bonds. The molecule has 2 heterocycles. The van der Waals surface area contributed by atoms with Gasteiger partial charge in [-0.1, -0.05) is 36.2 Å². The number of nitrogens with one attached hydrogen (secondary N) is 1. The first kappa shape index (κ1) is 24.6. The molecule has 0 spiro atoms. The Balaban J connectivity index is 1.49. The summed E-state index contributed by atoms with van der Waals surface area (Å²) in [5.74, 6) is 0.149. The van der Waals surface area contributed by atoms with Gasteiger partial charge in [-0.05, 0) is 68.9 Å². The third kappa shape index (κ3) is 5.43. The number of hydrogen-bond donors (Lipinski definition) is 1. The number of fused-ring (bicyclic) bond motifs is 1. The number of esters is 1. The van der Waals surface area contributed by atoms with Crippen molar-refractivity contribution >= 4 is 51.4 Å². The molecule has 0 saturated heterocycles. The number of carbonyl (C=O) groups is 2. The van der Waals surface area contributed by atoms with Crippen LogP contribution in [-0.2, 0) is 24.2 Å². The van der Waals surface area contributed by atoms with Crippen molar-refractivity contribution in [3.63, 3.8) is 0 Å². The van der Waals surface area contributed by atoms with Crippen LogP contribution in [0, 0.1) is 0 Å². The van der Waals surface area contributed by atoms with Crippen LogP contribution in [0.1, 0.15) is 70.2 Å². The predicted octanol–water partition coefficient (Wildman–Crippen LogP) is 7.31. The molecule has 0 aliphatic heterocycles. The van der Waals surface area contributed by atoms with Crippen LogP contribution < -0.4 is 10.1 Å². The van der Waals surface area contributed by atoms with Gasteiger partial charge in [-0.2, -0.15) is 0 Å². The van der Waals surface area contributed by atoms with Gasteiger partial charge in [0.1, 0.15) is 28.1 Å². The molecule has 3 aromatic rings. The van der Waals surface area contributed by atoms with E-state index in [0.717, 1.165) is 42.5 Å². The quantitative estimate of drug-likeness (QED) is 0.314. The Morgan fingerprint density at radius 2 is 1.97 bits per heavy atom. The van der Waals surface area contributed by atoms with Crippen LogP contribution in [-0.4, -0.2) is 18.0 Å². The molecule has 2 aromatic heterocycles. The number of carbonyl (C=O) groups excluding carboxylic acids is 2. The summed E-state index contributed by atoms with van der Waals surface area (Å²) >= 11 is 13.6. The number of aryl methyl sites for hydroxylation is 1. The second kappa shape index (κ2) is 10.8. The number of hydrogen-bond acceptors (Lipinski definition) is 6. The summed E-state index contributed by atoms with van der Waals surface area (Å²) in [6.07, 6.45) is 4.31. The molecule has 1 aliphatic carbocycles. The van der Waals surface area contributed by atoms with Crippen molar-refractivity contribution in [2.75, 3.05) is 5.32 Å². The van der Waals surface area contributed by atoms with Gasteiger partial charge in [0.2, 0.25) is 0 Å². The zero-order chi connectivity index (χ0) is 24.2. The molecular weight excluding hydrogens is 497 g/mol. The standard InChI is InChI=1S/C25H25Cl2NO5S/c1-3-14(2)32-25(30)21-16-7-4-5-10-20(16)34-24(21)28-23(29)19-12-11-15(33-19)13-31-18-9-6-8-17(26)22(18)27/h6,8-9,11-12,14H,3-5,7,10,13H2,1-2H3,(H,28,29). The van der Waals surface area contributed by atoms with E-state index >= 15 is 0 Å². The van der Waals surface area contributed by atoms with Gasteiger partial charge in [-0.3, -0.25) is 4.79 Å². The summed E-state index contributed by atoms with van der Waals surface area (Å²) in [5.41, 5.74) is 1.46. The van der Waals surface area contributed by atoms with E-state index in [0.29, 0.717) is 32.1 Å². The molecule has 1 aromatic carbocycles. The number of benzene rings is 1. The van der Waals surface area contributed by atoms with Crippen LogP contribution in [0.2, 0.25) is 10.0 Å². The van der Waals surface area contributed by atoms with Crippen molar-refractivity contribution < 1.29 is 23.5 Å². The lowest BCUT2D eigenvalue weighted by atomic mass is 9.95. The highest BCUT2D eigenvalue weighted by molar-refractivity contribution is 7.17. The summed E-state index contributed by atoms with van der Waals surface area (Å²) in [6, 6.07) is 8.32. The maximum absolute atomic E-state index is 12.9. The average Bonchev–Trinajstić information content (AvgIpc) is 3.44. The lowest BCUT2D eigenvalue weighted by Crippen LogP contribution is -2.18. The highest BCUT2D eigenvalue weighted by Gasteiger charge is 2.28. The number of amides is 1. The Morgan fingerprint density at radius 3 is 2.76 bits per heavy atom. The summed E-state index contributed by atoms with van der Waals surface area (Å²) in [7, 11) is 0.